The third-order valence-corrected chi connectivity index (χ3v) is 9.09. The van der Waals surface area contributed by atoms with E-state index in [2.05, 4.69) is 30.5 Å². The molecule has 0 spiro atoms. The van der Waals surface area contributed by atoms with E-state index in [1.54, 1.807) is 24.4 Å². The Kier molecular flexibility index (Phi) is 8.14. The SMILES string of the molecule is O=C(CSc1cc(Cl)nc(Cl)c1)N[C@@H]1C(=O)N2C(C(=O)O)=C(/C=C/CSc3ncnc4[nH]ncc34)CSC12. The van der Waals surface area contributed by atoms with E-state index in [0.29, 0.717) is 27.6 Å². The number of aliphatic carboxylic acids is 1. The van der Waals surface area contributed by atoms with Crippen LogP contribution in [0.1, 0.15) is 0 Å². The van der Waals surface area contributed by atoms with Crippen LogP contribution in [0.4, 0.5) is 0 Å². The van der Waals surface area contributed by atoms with Crippen LogP contribution in [0.15, 0.2) is 58.0 Å². The van der Waals surface area contributed by atoms with E-state index in [0.717, 1.165) is 10.4 Å². The van der Waals surface area contributed by atoms with Gasteiger partial charge in [-0.25, -0.2) is 19.7 Å². The van der Waals surface area contributed by atoms with Crippen molar-refractivity contribution in [2.75, 3.05) is 17.3 Å². The zero-order chi connectivity index (χ0) is 26.8. The lowest BCUT2D eigenvalue weighted by molar-refractivity contribution is -0.150. The Morgan fingerprint density at radius 1 is 1.26 bits per heavy atom. The summed E-state index contributed by atoms with van der Waals surface area (Å²) in [6, 6.07) is 2.37. The van der Waals surface area contributed by atoms with Crippen LogP contribution in [0.5, 0.6) is 0 Å². The molecule has 3 N–H and O–H groups in total. The highest BCUT2D eigenvalue weighted by atomic mass is 35.5. The highest BCUT2D eigenvalue weighted by Crippen LogP contribution is 2.41. The number of aromatic amines is 1. The number of fused-ring (bicyclic) bond motifs is 2. The second-order valence-corrected chi connectivity index (χ2v) is 11.8. The third-order valence-electron chi connectivity index (χ3n) is 5.47. The largest absolute Gasteiger partial charge is 0.477 e. The van der Waals surface area contributed by atoms with Crippen LogP contribution in [-0.2, 0) is 14.4 Å². The zero-order valence-corrected chi connectivity index (χ0v) is 23.1. The lowest BCUT2D eigenvalue weighted by atomic mass is 10.0. The Morgan fingerprint density at radius 2 is 2.05 bits per heavy atom. The van der Waals surface area contributed by atoms with Gasteiger partial charge in [0.05, 0.1) is 17.3 Å². The number of carbonyl (C=O) groups is 3. The number of halogens is 2. The fourth-order valence-corrected chi connectivity index (χ4v) is 7.29. The van der Waals surface area contributed by atoms with Crippen LogP contribution in [0.25, 0.3) is 11.0 Å². The van der Waals surface area contributed by atoms with Crippen molar-refractivity contribution in [1.82, 2.24) is 35.4 Å². The van der Waals surface area contributed by atoms with E-state index in [-0.39, 0.29) is 27.7 Å². The summed E-state index contributed by atoms with van der Waals surface area (Å²) in [5.41, 5.74) is 1.09. The van der Waals surface area contributed by atoms with Gasteiger partial charge in [0.1, 0.15) is 38.8 Å². The molecule has 2 amide bonds. The van der Waals surface area contributed by atoms with Gasteiger partial charge < -0.3 is 10.4 Å². The monoisotopic (exact) mass is 609 g/mol. The standard InChI is InChI=1S/C22H17Cl2N7O4S3/c23-13-4-11(5-14(24)28-13)37-8-15(32)29-16-20(33)31-17(22(34)35)10(7-38-21(16)31)2-1-3-36-19-12-6-27-30-18(12)25-9-26-19/h1-2,4-6,9,16,21H,3,7-8H2,(H,29,32)(H,34,35)(H,25,26,27,30)/b2-1+/t16-,21?/m1/s1. The maximum Gasteiger partial charge on any atom is 0.352 e. The molecule has 3 aromatic rings. The molecule has 0 bridgehead atoms. The molecule has 1 unspecified atom stereocenters. The fourth-order valence-electron chi connectivity index (χ4n) is 3.84. The molecule has 1 saturated heterocycles. The molecule has 0 radical (unpaired) electrons. The summed E-state index contributed by atoms with van der Waals surface area (Å²) in [6.45, 7) is 0. The topological polar surface area (TPSA) is 154 Å². The third kappa shape index (κ3) is 5.64. The van der Waals surface area contributed by atoms with Gasteiger partial charge in [-0.05, 0) is 17.7 Å². The van der Waals surface area contributed by atoms with Crippen molar-refractivity contribution in [2.45, 2.75) is 21.3 Å². The number of pyridine rings is 1. The molecular weight excluding hydrogens is 593 g/mol. The van der Waals surface area contributed by atoms with Crippen molar-refractivity contribution < 1.29 is 19.5 Å². The van der Waals surface area contributed by atoms with Crippen molar-refractivity contribution in [3.63, 3.8) is 0 Å². The van der Waals surface area contributed by atoms with Crippen LogP contribution < -0.4 is 5.32 Å². The van der Waals surface area contributed by atoms with Gasteiger partial charge in [0.15, 0.2) is 5.65 Å². The molecule has 0 aliphatic carbocycles. The number of β-lactam (4-membered cyclic amide) rings is 1. The van der Waals surface area contributed by atoms with Gasteiger partial charge in [0.2, 0.25) is 5.91 Å². The highest BCUT2D eigenvalue weighted by Gasteiger charge is 2.53. The summed E-state index contributed by atoms with van der Waals surface area (Å²) in [4.78, 5) is 51.6. The van der Waals surface area contributed by atoms with E-state index in [4.69, 9.17) is 23.2 Å². The first-order chi connectivity index (χ1) is 18.3. The van der Waals surface area contributed by atoms with E-state index >= 15 is 0 Å². The predicted octanol–water partition coefficient (Wildman–Crippen LogP) is 3.23. The summed E-state index contributed by atoms with van der Waals surface area (Å²) in [6.07, 6.45) is 6.64. The highest BCUT2D eigenvalue weighted by molar-refractivity contribution is 8.00. The van der Waals surface area contributed by atoms with Crippen LogP contribution in [0, 0.1) is 0 Å². The molecule has 2 aliphatic rings. The van der Waals surface area contributed by atoms with Crippen molar-refractivity contribution in [3.05, 3.63) is 58.4 Å². The first-order valence-electron chi connectivity index (χ1n) is 10.9. The average Bonchev–Trinajstić information content (AvgIpc) is 3.37. The number of nitrogens with one attached hydrogen (secondary N) is 2. The first kappa shape index (κ1) is 26.8. The van der Waals surface area contributed by atoms with E-state index in [9.17, 15) is 19.5 Å². The number of carboxylic acids is 1. The smallest absolute Gasteiger partial charge is 0.352 e. The molecular formula is C22H17Cl2N7O4S3. The van der Waals surface area contributed by atoms with Gasteiger partial charge >= 0.3 is 5.97 Å². The number of hydrogen-bond acceptors (Lipinski definition) is 10. The normalized spacial score (nSPS) is 19.1. The molecule has 0 saturated carbocycles. The van der Waals surface area contributed by atoms with Gasteiger partial charge in [0, 0.05) is 16.4 Å². The van der Waals surface area contributed by atoms with E-state index < -0.39 is 23.3 Å². The molecule has 11 nitrogen and oxygen atoms in total. The van der Waals surface area contributed by atoms with Crippen molar-refractivity contribution in [2.24, 2.45) is 0 Å². The number of thioether (sulfide) groups is 3. The Labute approximate surface area is 238 Å². The molecule has 0 aromatic carbocycles. The molecule has 2 atom stereocenters. The second kappa shape index (κ2) is 11.5. The summed E-state index contributed by atoms with van der Waals surface area (Å²) < 4.78 is 0. The number of rotatable bonds is 9. The molecule has 16 heteroatoms. The van der Waals surface area contributed by atoms with E-state index in [1.807, 2.05) is 6.08 Å². The average molecular weight is 611 g/mol. The van der Waals surface area contributed by atoms with Crippen LogP contribution in [-0.4, -0.2) is 81.6 Å². The van der Waals surface area contributed by atoms with Gasteiger partial charge in [-0.3, -0.25) is 19.6 Å². The number of carboxylic acid groups (broad SMARTS) is 1. The predicted molar refractivity (Wildman–Crippen MR) is 146 cm³/mol. The van der Waals surface area contributed by atoms with Gasteiger partial charge in [0.25, 0.3) is 5.91 Å². The van der Waals surface area contributed by atoms with Gasteiger partial charge in [-0.2, -0.15) is 5.10 Å². The lowest BCUT2D eigenvalue weighted by Crippen LogP contribution is -2.70. The Balaban J connectivity index is 1.20. The molecule has 1 fully saturated rings. The number of H-pyrrole nitrogens is 1. The van der Waals surface area contributed by atoms with Gasteiger partial charge in [-0.1, -0.05) is 35.4 Å². The molecule has 3 aromatic heterocycles. The molecule has 5 rings (SSSR count). The van der Waals surface area contributed by atoms with E-state index in [1.165, 1.54) is 46.5 Å². The maximum atomic E-state index is 12.9. The zero-order valence-electron chi connectivity index (χ0n) is 19.1. The number of hydrogen-bond donors (Lipinski definition) is 3. The second-order valence-electron chi connectivity index (χ2n) is 7.90. The van der Waals surface area contributed by atoms with Crippen LogP contribution in [0.3, 0.4) is 0 Å². The Bertz CT molecular complexity index is 1480. The summed E-state index contributed by atoms with van der Waals surface area (Å²) in [5.74, 6) is -1.08. The molecule has 2 aliphatic heterocycles. The van der Waals surface area contributed by atoms with Crippen molar-refractivity contribution >= 4 is 87.3 Å². The lowest BCUT2D eigenvalue weighted by Gasteiger charge is -2.49. The first-order valence-corrected chi connectivity index (χ1v) is 14.7. The Hall–Kier alpha value is -2.78. The fraction of sp³-hybridized carbons (Fsp3) is 0.227. The molecule has 196 valence electrons. The summed E-state index contributed by atoms with van der Waals surface area (Å²) in [7, 11) is 0. The minimum atomic E-state index is -1.20. The number of nitrogens with zero attached hydrogens (tertiary/aromatic N) is 5. The van der Waals surface area contributed by atoms with Crippen LogP contribution >= 0.6 is 58.5 Å². The quantitative estimate of drug-likeness (QED) is 0.142. The van der Waals surface area contributed by atoms with Crippen molar-refractivity contribution in [1.29, 1.82) is 0 Å². The summed E-state index contributed by atoms with van der Waals surface area (Å²) >= 11 is 15.8. The van der Waals surface area contributed by atoms with Crippen LogP contribution in [0.2, 0.25) is 10.3 Å². The van der Waals surface area contributed by atoms with Gasteiger partial charge in [-0.15, -0.1) is 35.3 Å². The minimum Gasteiger partial charge on any atom is -0.477 e. The maximum absolute atomic E-state index is 12.9. The molecule has 38 heavy (non-hydrogen) atoms. The Morgan fingerprint density at radius 3 is 2.82 bits per heavy atom. The number of carbonyl (C=O) groups excluding carboxylic acids is 2. The number of allylic oxidation sites excluding steroid dienone is 1. The molecule has 5 heterocycles. The summed E-state index contributed by atoms with van der Waals surface area (Å²) in [5, 5.41) is 20.8. The van der Waals surface area contributed by atoms with Crippen molar-refractivity contribution in [3.8, 4) is 0 Å². The minimum absolute atomic E-state index is 0.0303. The number of aromatic nitrogens is 5. The number of amides is 2.